The van der Waals surface area contributed by atoms with Crippen molar-refractivity contribution in [3.8, 4) is 0 Å². The van der Waals surface area contributed by atoms with E-state index in [1.807, 2.05) is 35.0 Å². The van der Waals surface area contributed by atoms with Crippen LogP contribution in [0.15, 0.2) is 64.2 Å². The van der Waals surface area contributed by atoms with Crippen molar-refractivity contribution in [3.63, 3.8) is 0 Å². The van der Waals surface area contributed by atoms with E-state index >= 15 is 0 Å². The van der Waals surface area contributed by atoms with Gasteiger partial charge in [0.2, 0.25) is 10.0 Å². The minimum absolute atomic E-state index is 0.156. The fraction of sp³-hybridized carbons (Fsp3) is 0.211. The summed E-state index contributed by atoms with van der Waals surface area (Å²) in [6.45, 7) is 2.60. The molecule has 0 saturated heterocycles. The van der Waals surface area contributed by atoms with Crippen LogP contribution < -0.4 is 0 Å². The van der Waals surface area contributed by atoms with Gasteiger partial charge in [0.05, 0.1) is 17.1 Å². The lowest BCUT2D eigenvalue weighted by molar-refractivity contribution is 0.0526. The van der Waals surface area contributed by atoms with E-state index in [9.17, 15) is 13.2 Å². The van der Waals surface area contributed by atoms with Gasteiger partial charge in [-0.15, -0.1) is 22.7 Å². The maximum atomic E-state index is 13.2. The minimum Gasteiger partial charge on any atom is -0.462 e. The molecule has 0 bridgehead atoms. The van der Waals surface area contributed by atoms with Gasteiger partial charge in [-0.1, -0.05) is 12.1 Å². The van der Waals surface area contributed by atoms with Crippen LogP contribution in [0.1, 0.15) is 27.0 Å². The van der Waals surface area contributed by atoms with Gasteiger partial charge >= 0.3 is 5.97 Å². The number of hydrogen-bond acceptors (Lipinski definition) is 6. The van der Waals surface area contributed by atoms with Gasteiger partial charge in [-0.3, -0.25) is 0 Å². The SMILES string of the molecule is CCOC(=O)c1ccc(S(=O)(=O)N(Cc2cccs2)Cc2cccs2)cc1. The van der Waals surface area contributed by atoms with Crippen molar-refractivity contribution >= 4 is 38.7 Å². The Kier molecular flexibility index (Phi) is 6.43. The molecule has 0 aliphatic carbocycles. The molecule has 8 heteroatoms. The Morgan fingerprint density at radius 1 is 0.963 bits per heavy atom. The Hall–Kier alpha value is -2.00. The van der Waals surface area contributed by atoms with Crippen molar-refractivity contribution in [2.24, 2.45) is 0 Å². The van der Waals surface area contributed by atoms with Gasteiger partial charge in [0, 0.05) is 22.8 Å². The van der Waals surface area contributed by atoms with Crippen molar-refractivity contribution in [1.82, 2.24) is 4.31 Å². The number of thiophene rings is 2. The highest BCUT2D eigenvalue weighted by Gasteiger charge is 2.26. The Bertz CT molecular complexity index is 926. The number of nitrogens with zero attached hydrogens (tertiary/aromatic N) is 1. The lowest BCUT2D eigenvalue weighted by atomic mass is 10.2. The van der Waals surface area contributed by atoms with Crippen molar-refractivity contribution in [2.45, 2.75) is 24.9 Å². The highest BCUT2D eigenvalue weighted by atomic mass is 32.2. The van der Waals surface area contributed by atoms with Crippen molar-refractivity contribution in [3.05, 3.63) is 74.6 Å². The maximum absolute atomic E-state index is 13.2. The summed E-state index contributed by atoms with van der Waals surface area (Å²) in [6.07, 6.45) is 0. The molecule has 2 aromatic heterocycles. The van der Waals surface area contributed by atoms with Gasteiger partial charge in [-0.25, -0.2) is 13.2 Å². The molecule has 3 aromatic rings. The summed E-state index contributed by atoms with van der Waals surface area (Å²) in [6, 6.07) is 13.5. The summed E-state index contributed by atoms with van der Waals surface area (Å²) in [4.78, 5) is 13.9. The molecule has 0 N–H and O–H groups in total. The number of rotatable bonds is 8. The smallest absolute Gasteiger partial charge is 0.338 e. The summed E-state index contributed by atoms with van der Waals surface area (Å²) >= 11 is 3.05. The Morgan fingerprint density at radius 2 is 1.52 bits per heavy atom. The topological polar surface area (TPSA) is 63.7 Å². The van der Waals surface area contributed by atoms with E-state index in [0.717, 1.165) is 9.75 Å². The summed E-state index contributed by atoms with van der Waals surface area (Å²) in [5.41, 5.74) is 0.332. The van der Waals surface area contributed by atoms with Crippen LogP contribution >= 0.6 is 22.7 Å². The second-order valence-corrected chi connectivity index (χ2v) is 9.68. The number of carbonyl (C=O) groups excluding carboxylic acids is 1. The predicted molar refractivity (Wildman–Crippen MR) is 107 cm³/mol. The van der Waals surface area contributed by atoms with Crippen LogP contribution in [0.5, 0.6) is 0 Å². The molecule has 1 aromatic carbocycles. The predicted octanol–water partition coefficient (Wildman–Crippen LogP) is 4.38. The van der Waals surface area contributed by atoms with Gasteiger partial charge in [0.25, 0.3) is 0 Å². The summed E-state index contributed by atoms with van der Waals surface area (Å²) in [7, 11) is -3.71. The first-order valence-corrected chi connectivity index (χ1v) is 11.5. The van der Waals surface area contributed by atoms with Crippen LogP contribution in [0.25, 0.3) is 0 Å². The normalized spacial score (nSPS) is 11.6. The molecule has 0 aliphatic heterocycles. The third-order valence-corrected chi connectivity index (χ3v) is 7.36. The second kappa shape index (κ2) is 8.79. The van der Waals surface area contributed by atoms with E-state index in [0.29, 0.717) is 18.7 Å². The molecule has 27 heavy (non-hydrogen) atoms. The van der Waals surface area contributed by atoms with Crippen molar-refractivity contribution in [2.75, 3.05) is 6.61 Å². The average Bonchev–Trinajstić information content (AvgIpc) is 3.35. The third kappa shape index (κ3) is 4.84. The number of benzene rings is 1. The summed E-state index contributed by atoms with van der Waals surface area (Å²) in [5.74, 6) is -0.463. The zero-order chi connectivity index (χ0) is 19.3. The van der Waals surface area contributed by atoms with E-state index in [4.69, 9.17) is 4.74 Å². The van der Waals surface area contributed by atoms with Crippen molar-refractivity contribution in [1.29, 1.82) is 0 Å². The van der Waals surface area contributed by atoms with E-state index < -0.39 is 16.0 Å². The fourth-order valence-corrected chi connectivity index (χ4v) is 5.50. The number of ether oxygens (including phenoxy) is 1. The zero-order valence-corrected chi connectivity index (χ0v) is 17.1. The van der Waals surface area contributed by atoms with Crippen LogP contribution in [0.4, 0.5) is 0 Å². The minimum atomic E-state index is -3.71. The Morgan fingerprint density at radius 3 is 1.96 bits per heavy atom. The molecule has 0 amide bonds. The molecule has 0 fully saturated rings. The van der Waals surface area contributed by atoms with Crippen molar-refractivity contribution < 1.29 is 17.9 Å². The van der Waals surface area contributed by atoms with Crippen LogP contribution in [0.3, 0.4) is 0 Å². The molecule has 5 nitrogen and oxygen atoms in total. The number of sulfonamides is 1. The van der Waals surface area contributed by atoms with E-state index in [1.165, 1.54) is 51.2 Å². The quantitative estimate of drug-likeness (QED) is 0.507. The zero-order valence-electron chi connectivity index (χ0n) is 14.7. The molecule has 0 spiro atoms. The fourth-order valence-electron chi connectivity index (χ4n) is 2.51. The molecule has 3 rings (SSSR count). The van der Waals surface area contributed by atoms with Crippen LogP contribution in [0.2, 0.25) is 0 Å². The molecule has 0 atom stereocenters. The molecular weight excluding hydrogens is 402 g/mol. The third-order valence-electron chi connectivity index (χ3n) is 3.83. The molecule has 2 heterocycles. The van der Waals surface area contributed by atoms with Gasteiger partial charge in [-0.05, 0) is 54.1 Å². The van der Waals surface area contributed by atoms with Gasteiger partial charge in [-0.2, -0.15) is 4.31 Å². The lowest BCUT2D eigenvalue weighted by Crippen LogP contribution is -2.29. The Labute approximate surface area is 166 Å². The van der Waals surface area contributed by atoms with E-state index in [1.54, 1.807) is 6.92 Å². The Balaban J connectivity index is 1.88. The molecular formula is C19H19NO4S3. The maximum Gasteiger partial charge on any atom is 0.338 e. The second-order valence-electron chi connectivity index (χ2n) is 5.68. The standard InChI is InChI=1S/C19H19NO4S3/c1-2-24-19(21)15-7-9-18(10-8-15)27(22,23)20(13-16-5-3-11-25-16)14-17-6-4-12-26-17/h3-12H,2,13-14H2,1H3. The summed E-state index contributed by atoms with van der Waals surface area (Å²) in [5, 5.41) is 3.86. The van der Waals surface area contributed by atoms with Gasteiger partial charge in [0.1, 0.15) is 0 Å². The first kappa shape index (κ1) is 19.8. The van der Waals surface area contributed by atoms with Gasteiger partial charge < -0.3 is 4.74 Å². The molecule has 0 aliphatic rings. The van der Waals surface area contributed by atoms with E-state index in [-0.39, 0.29) is 11.5 Å². The molecule has 0 saturated carbocycles. The lowest BCUT2D eigenvalue weighted by Gasteiger charge is -2.21. The molecule has 0 radical (unpaired) electrons. The number of hydrogen-bond donors (Lipinski definition) is 0. The summed E-state index contributed by atoms with van der Waals surface area (Å²) < 4.78 is 32.8. The van der Waals surface area contributed by atoms with Crippen LogP contribution in [-0.4, -0.2) is 25.3 Å². The average molecular weight is 422 g/mol. The van der Waals surface area contributed by atoms with Crippen LogP contribution in [-0.2, 0) is 27.8 Å². The highest BCUT2D eigenvalue weighted by Crippen LogP contribution is 2.24. The number of esters is 1. The van der Waals surface area contributed by atoms with E-state index in [2.05, 4.69) is 0 Å². The van der Waals surface area contributed by atoms with Gasteiger partial charge in [0.15, 0.2) is 0 Å². The highest BCUT2D eigenvalue weighted by molar-refractivity contribution is 7.89. The molecule has 142 valence electrons. The van der Waals surface area contributed by atoms with Crippen LogP contribution in [0, 0.1) is 0 Å². The monoisotopic (exact) mass is 421 g/mol. The first-order chi connectivity index (χ1) is 13.0. The molecule has 0 unspecified atom stereocenters. The largest absolute Gasteiger partial charge is 0.462 e. The number of carbonyl (C=O) groups is 1. The first-order valence-electron chi connectivity index (χ1n) is 8.33.